The lowest BCUT2D eigenvalue weighted by Crippen LogP contribution is -2.49. The van der Waals surface area contributed by atoms with Crippen molar-refractivity contribution in [3.05, 3.63) is 68.8 Å². The second-order valence-corrected chi connectivity index (χ2v) is 11.7. The van der Waals surface area contributed by atoms with Crippen molar-refractivity contribution >= 4 is 40.1 Å². The summed E-state index contributed by atoms with van der Waals surface area (Å²) in [5.74, 6) is 1.04. The molecule has 5 rings (SSSR count). The number of allylic oxidation sites excluding steroid dienone is 5. The van der Waals surface area contributed by atoms with Crippen molar-refractivity contribution in [2.45, 2.75) is 46.0 Å². The molecular weight excluding hydrogens is 527 g/mol. The normalized spacial score (nSPS) is 34.5. The first-order valence-corrected chi connectivity index (χ1v) is 12.9. The molecular formula is C28H29IO4. The van der Waals surface area contributed by atoms with Gasteiger partial charge in [0.25, 0.3) is 0 Å². The molecule has 1 aromatic carbocycles. The first kappa shape index (κ1) is 22.8. The van der Waals surface area contributed by atoms with Crippen molar-refractivity contribution in [1.82, 2.24) is 0 Å². The van der Waals surface area contributed by atoms with Gasteiger partial charge in [-0.2, -0.15) is 0 Å². The molecule has 0 N–H and O–H groups in total. The highest BCUT2D eigenvalue weighted by molar-refractivity contribution is 14.1. The maximum absolute atomic E-state index is 13.2. The quantitative estimate of drug-likeness (QED) is 0.345. The number of carbonyl (C=O) groups excluding carboxylic acids is 3. The second-order valence-electron chi connectivity index (χ2n) is 10.4. The van der Waals surface area contributed by atoms with Crippen LogP contribution in [0, 0.1) is 32.2 Å². The van der Waals surface area contributed by atoms with Gasteiger partial charge in [0, 0.05) is 14.6 Å². The summed E-state index contributed by atoms with van der Waals surface area (Å²) in [6.45, 7) is 4.32. The number of ether oxygens (including phenoxy) is 1. The molecule has 4 aliphatic carbocycles. The summed E-state index contributed by atoms with van der Waals surface area (Å²) >= 11 is 2.15. The second kappa shape index (κ2) is 8.33. The highest BCUT2D eigenvalue weighted by atomic mass is 127. The molecule has 0 saturated heterocycles. The molecule has 0 aromatic heterocycles. The molecule has 0 aliphatic heterocycles. The summed E-state index contributed by atoms with van der Waals surface area (Å²) in [7, 11) is 0. The van der Waals surface area contributed by atoms with Crippen molar-refractivity contribution in [2.24, 2.45) is 28.6 Å². The highest BCUT2D eigenvalue weighted by Gasteiger charge is 2.57. The Balaban J connectivity index is 1.29. The molecule has 0 amide bonds. The molecule has 0 heterocycles. The van der Waals surface area contributed by atoms with Gasteiger partial charge in [0.15, 0.2) is 18.2 Å². The van der Waals surface area contributed by atoms with Crippen LogP contribution < -0.4 is 0 Å². The number of carbonyl (C=O) groups is 3. The standard InChI is InChI=1S/C28H29IO4/c1-27-12-10-20(30)15-18(27)6-7-21-22-8-9-24(28(22,2)13-11-23(21)27)25(31)16-33-26(32)17-4-3-5-19(29)14-17/h3-5,9-10,12,14-15,21-23H,6-8,11,13,16H2,1-2H3/t21-,22-,23-,27-,28-/m0/s1. The molecule has 4 nitrogen and oxygen atoms in total. The third-order valence-electron chi connectivity index (χ3n) is 8.83. The number of hydrogen-bond acceptors (Lipinski definition) is 4. The number of esters is 1. The van der Waals surface area contributed by atoms with E-state index in [9.17, 15) is 14.4 Å². The molecule has 0 radical (unpaired) electrons. The minimum atomic E-state index is -0.455. The van der Waals surface area contributed by atoms with Gasteiger partial charge in [0.05, 0.1) is 5.56 Å². The summed E-state index contributed by atoms with van der Waals surface area (Å²) in [6.07, 6.45) is 12.8. The van der Waals surface area contributed by atoms with Gasteiger partial charge >= 0.3 is 5.97 Å². The number of Topliss-reactive ketones (excluding diaryl/α,β-unsaturated/α-hetero) is 1. The minimum absolute atomic E-state index is 0.0480. The van der Waals surface area contributed by atoms with E-state index in [-0.39, 0.29) is 29.0 Å². The van der Waals surface area contributed by atoms with Crippen molar-refractivity contribution in [2.75, 3.05) is 6.61 Å². The lowest BCUT2D eigenvalue weighted by Gasteiger charge is -2.56. The summed E-state index contributed by atoms with van der Waals surface area (Å²) in [4.78, 5) is 37.6. The predicted octanol–water partition coefficient (Wildman–Crippen LogP) is 5.86. The van der Waals surface area contributed by atoms with E-state index in [0.717, 1.165) is 41.2 Å². The van der Waals surface area contributed by atoms with Crippen LogP contribution in [-0.4, -0.2) is 24.1 Å². The smallest absolute Gasteiger partial charge is 0.338 e. The number of hydrogen-bond donors (Lipinski definition) is 0. The minimum Gasteiger partial charge on any atom is -0.454 e. The van der Waals surface area contributed by atoms with Crippen LogP contribution in [0.3, 0.4) is 0 Å². The fraction of sp³-hybridized carbons (Fsp3) is 0.464. The van der Waals surface area contributed by atoms with Crippen molar-refractivity contribution in [3.63, 3.8) is 0 Å². The lowest BCUT2D eigenvalue weighted by atomic mass is 9.47. The van der Waals surface area contributed by atoms with Crippen molar-refractivity contribution in [1.29, 1.82) is 0 Å². The first-order valence-electron chi connectivity index (χ1n) is 11.8. The van der Waals surface area contributed by atoms with Crippen LogP contribution in [0.15, 0.2) is 59.7 Å². The Kier molecular flexibility index (Phi) is 5.74. The largest absolute Gasteiger partial charge is 0.454 e. The average Bonchev–Trinajstić information content (AvgIpc) is 3.15. The maximum Gasteiger partial charge on any atom is 0.338 e. The van der Waals surface area contributed by atoms with E-state index >= 15 is 0 Å². The Morgan fingerprint density at radius 2 is 2.00 bits per heavy atom. The topological polar surface area (TPSA) is 60.4 Å². The Labute approximate surface area is 208 Å². The zero-order valence-electron chi connectivity index (χ0n) is 19.1. The highest BCUT2D eigenvalue weighted by Crippen LogP contribution is 2.64. The number of halogens is 1. The Bertz CT molecular complexity index is 1130. The summed E-state index contributed by atoms with van der Waals surface area (Å²) < 4.78 is 6.36. The van der Waals surface area contributed by atoms with E-state index in [1.165, 1.54) is 5.57 Å². The van der Waals surface area contributed by atoms with Crippen LogP contribution in [0.1, 0.15) is 56.3 Å². The maximum atomic E-state index is 13.2. The van der Waals surface area contributed by atoms with E-state index in [1.54, 1.807) is 18.2 Å². The Morgan fingerprint density at radius 3 is 2.79 bits per heavy atom. The monoisotopic (exact) mass is 556 g/mol. The van der Waals surface area contributed by atoms with Crippen LogP contribution >= 0.6 is 22.6 Å². The summed E-state index contributed by atoms with van der Waals surface area (Å²) in [5, 5.41) is 0. The lowest BCUT2D eigenvalue weighted by molar-refractivity contribution is -0.120. The Hall–Kier alpha value is -2.02. The van der Waals surface area contributed by atoms with E-state index in [0.29, 0.717) is 23.3 Å². The molecule has 33 heavy (non-hydrogen) atoms. The molecule has 1 aromatic rings. The van der Waals surface area contributed by atoms with Gasteiger partial charge in [-0.1, -0.05) is 37.6 Å². The van der Waals surface area contributed by atoms with Gasteiger partial charge in [-0.15, -0.1) is 0 Å². The molecule has 5 heteroatoms. The van der Waals surface area contributed by atoms with Gasteiger partial charge in [0.2, 0.25) is 0 Å². The fourth-order valence-corrected chi connectivity index (χ4v) is 7.65. The molecule has 0 bridgehead atoms. The van der Waals surface area contributed by atoms with E-state index in [4.69, 9.17) is 4.74 Å². The Morgan fingerprint density at radius 1 is 1.18 bits per heavy atom. The van der Waals surface area contributed by atoms with Gasteiger partial charge in [-0.25, -0.2) is 4.79 Å². The van der Waals surface area contributed by atoms with Crippen LogP contribution in [0.4, 0.5) is 0 Å². The third-order valence-corrected chi connectivity index (χ3v) is 9.50. The summed E-state index contributed by atoms with van der Waals surface area (Å²) in [6, 6.07) is 7.20. The molecule has 5 atom stereocenters. The van der Waals surface area contributed by atoms with Gasteiger partial charge in [0.1, 0.15) is 0 Å². The number of fused-ring (bicyclic) bond motifs is 5. The zero-order chi connectivity index (χ0) is 23.4. The molecule has 2 fully saturated rings. The van der Waals surface area contributed by atoms with Crippen LogP contribution in [-0.2, 0) is 14.3 Å². The molecule has 0 spiro atoms. The van der Waals surface area contributed by atoms with Crippen molar-refractivity contribution < 1.29 is 19.1 Å². The first-order chi connectivity index (χ1) is 15.7. The molecule has 172 valence electrons. The summed E-state index contributed by atoms with van der Waals surface area (Å²) in [5.41, 5.74) is 2.39. The SMILES string of the molecule is C[C@]12C=CC(=O)C=C1CC[C@@H]1[C@@H]2CC[C@]2(C)C(C(=O)COC(=O)c3cccc(I)c3)=CC[C@@H]12. The molecule has 2 saturated carbocycles. The van der Waals surface area contributed by atoms with E-state index < -0.39 is 5.97 Å². The van der Waals surface area contributed by atoms with E-state index in [1.807, 2.05) is 18.2 Å². The predicted molar refractivity (Wildman–Crippen MR) is 135 cm³/mol. The van der Waals surface area contributed by atoms with Crippen LogP contribution in [0.25, 0.3) is 0 Å². The van der Waals surface area contributed by atoms with Gasteiger partial charge < -0.3 is 4.74 Å². The number of rotatable bonds is 4. The zero-order valence-corrected chi connectivity index (χ0v) is 21.3. The van der Waals surface area contributed by atoms with E-state index in [2.05, 4.69) is 48.6 Å². The number of benzene rings is 1. The average molecular weight is 556 g/mol. The van der Waals surface area contributed by atoms with Gasteiger partial charge in [-0.05, 0) is 108 Å². The molecule has 0 unspecified atom stereocenters. The van der Waals surface area contributed by atoms with Gasteiger partial charge in [-0.3, -0.25) is 9.59 Å². The number of ketones is 2. The van der Waals surface area contributed by atoms with Crippen LogP contribution in [0.5, 0.6) is 0 Å². The molecule has 4 aliphatic rings. The third kappa shape index (κ3) is 3.76. The van der Waals surface area contributed by atoms with Crippen LogP contribution in [0.2, 0.25) is 0 Å². The van der Waals surface area contributed by atoms with Crippen molar-refractivity contribution in [3.8, 4) is 0 Å². The fourth-order valence-electron chi connectivity index (χ4n) is 7.10.